The van der Waals surface area contributed by atoms with E-state index in [4.69, 9.17) is 9.47 Å². The highest BCUT2D eigenvalue weighted by molar-refractivity contribution is 7.99. The Hall–Kier alpha value is -3.00. The molecule has 0 aliphatic rings. The van der Waals surface area contributed by atoms with Gasteiger partial charge in [-0.15, -0.1) is 11.8 Å². The van der Waals surface area contributed by atoms with E-state index in [9.17, 15) is 9.59 Å². The Kier molecular flexibility index (Phi) is 9.40. The van der Waals surface area contributed by atoms with Gasteiger partial charge in [-0.25, -0.2) is 5.43 Å². The molecule has 0 bridgehead atoms. The third-order valence-corrected chi connectivity index (χ3v) is 4.83. The van der Waals surface area contributed by atoms with Crippen LogP contribution in [0, 0.1) is 0 Å². The molecule has 0 aromatic heterocycles. The molecule has 0 heterocycles. The number of hydrazone groups is 1. The predicted molar refractivity (Wildman–Crippen MR) is 125 cm³/mol. The van der Waals surface area contributed by atoms with Crippen LogP contribution in [0.3, 0.4) is 0 Å². The third kappa shape index (κ3) is 10.0. The maximum absolute atomic E-state index is 11.9. The fraction of sp³-hybridized carbons (Fsp3) is 0.348. The molecule has 166 valence electrons. The first-order valence-corrected chi connectivity index (χ1v) is 11.0. The molecule has 0 aliphatic carbocycles. The second kappa shape index (κ2) is 12.0. The summed E-state index contributed by atoms with van der Waals surface area (Å²) in [4.78, 5) is 23.7. The number of carbonyl (C=O) groups excluding carboxylic acids is 2. The molecular weight excluding hydrogens is 414 g/mol. The van der Waals surface area contributed by atoms with Gasteiger partial charge < -0.3 is 14.8 Å². The van der Waals surface area contributed by atoms with Gasteiger partial charge in [0.1, 0.15) is 11.5 Å². The van der Waals surface area contributed by atoms with E-state index in [-0.39, 0.29) is 24.0 Å². The highest BCUT2D eigenvalue weighted by Gasteiger charge is 2.13. The lowest BCUT2D eigenvalue weighted by Crippen LogP contribution is -2.43. The smallest absolute Gasteiger partial charge is 0.258 e. The van der Waals surface area contributed by atoms with Crippen LogP contribution in [-0.2, 0) is 15.3 Å². The van der Waals surface area contributed by atoms with Crippen molar-refractivity contribution < 1.29 is 19.1 Å². The summed E-state index contributed by atoms with van der Waals surface area (Å²) in [5.74, 6) is 2.10. The predicted octanol–water partition coefficient (Wildman–Crippen LogP) is 3.37. The minimum absolute atomic E-state index is 0.0467. The number of hydrogen-bond donors (Lipinski definition) is 2. The number of nitrogens with one attached hydrogen (secondary N) is 2. The van der Waals surface area contributed by atoms with Crippen LogP contribution in [0.25, 0.3) is 0 Å². The Labute approximate surface area is 187 Å². The maximum atomic E-state index is 11.9. The minimum Gasteiger partial charge on any atom is -0.497 e. The lowest BCUT2D eigenvalue weighted by Gasteiger charge is -2.20. The number of hydrogen-bond acceptors (Lipinski definition) is 6. The Morgan fingerprint density at radius 2 is 1.65 bits per heavy atom. The molecule has 0 radical (unpaired) electrons. The number of nitrogens with zero attached hydrogens (tertiary/aromatic N) is 1. The monoisotopic (exact) mass is 443 g/mol. The molecule has 0 saturated carbocycles. The zero-order valence-electron chi connectivity index (χ0n) is 18.3. The van der Waals surface area contributed by atoms with Gasteiger partial charge in [0.05, 0.1) is 19.1 Å². The van der Waals surface area contributed by atoms with Crippen LogP contribution in [0.15, 0.2) is 53.6 Å². The van der Waals surface area contributed by atoms with E-state index < -0.39 is 0 Å². The van der Waals surface area contributed by atoms with Crippen LogP contribution < -0.4 is 20.2 Å². The van der Waals surface area contributed by atoms with Gasteiger partial charge in [0.2, 0.25) is 5.91 Å². The molecule has 8 heteroatoms. The van der Waals surface area contributed by atoms with E-state index in [1.807, 2.05) is 45.0 Å². The fourth-order valence-electron chi connectivity index (χ4n) is 2.45. The van der Waals surface area contributed by atoms with Crippen LogP contribution in [0.5, 0.6) is 11.5 Å². The Bertz CT molecular complexity index is 875. The molecule has 2 aromatic rings. The van der Waals surface area contributed by atoms with Crippen LogP contribution in [-0.4, -0.2) is 43.0 Å². The number of thioether (sulfide) groups is 1. The summed E-state index contributed by atoms with van der Waals surface area (Å²) in [6.45, 7) is 5.70. The van der Waals surface area contributed by atoms with Gasteiger partial charge in [-0.05, 0) is 68.3 Å². The highest BCUT2D eigenvalue weighted by atomic mass is 32.2. The Balaban J connectivity index is 1.68. The summed E-state index contributed by atoms with van der Waals surface area (Å²) in [6, 6.07) is 14.8. The summed E-state index contributed by atoms with van der Waals surface area (Å²) in [6.07, 6.45) is 1.56. The molecule has 7 nitrogen and oxygen atoms in total. The highest BCUT2D eigenvalue weighted by Crippen LogP contribution is 2.16. The van der Waals surface area contributed by atoms with Crippen molar-refractivity contribution in [3.8, 4) is 11.5 Å². The second-order valence-corrected chi connectivity index (χ2v) is 8.78. The number of benzene rings is 2. The summed E-state index contributed by atoms with van der Waals surface area (Å²) in [7, 11) is 1.63. The second-order valence-electron chi connectivity index (χ2n) is 7.79. The summed E-state index contributed by atoms with van der Waals surface area (Å²) in [5.41, 5.74) is 4.15. The van der Waals surface area contributed by atoms with E-state index >= 15 is 0 Å². The maximum Gasteiger partial charge on any atom is 0.258 e. The first kappa shape index (κ1) is 24.3. The summed E-state index contributed by atoms with van der Waals surface area (Å²) in [5, 5.41) is 6.81. The van der Waals surface area contributed by atoms with Crippen molar-refractivity contribution in [2.45, 2.75) is 32.1 Å². The van der Waals surface area contributed by atoms with Crippen molar-refractivity contribution in [1.29, 1.82) is 0 Å². The van der Waals surface area contributed by atoms with Gasteiger partial charge in [0, 0.05) is 11.3 Å². The molecule has 0 unspecified atom stereocenters. The largest absolute Gasteiger partial charge is 0.497 e. The first-order valence-electron chi connectivity index (χ1n) is 9.81. The SMILES string of the molecule is COc1ccc(CSCC(=O)N/N=C\c2ccc(OCC(=O)NC(C)(C)C)cc2)cc1. The minimum atomic E-state index is -0.292. The van der Waals surface area contributed by atoms with Crippen LogP contribution in [0.4, 0.5) is 0 Å². The van der Waals surface area contributed by atoms with Crippen molar-refractivity contribution in [3.63, 3.8) is 0 Å². The van der Waals surface area contributed by atoms with Gasteiger partial charge in [-0.1, -0.05) is 12.1 Å². The molecule has 2 N–H and O–H groups in total. The van der Waals surface area contributed by atoms with Gasteiger partial charge in [-0.2, -0.15) is 5.10 Å². The quantitative estimate of drug-likeness (QED) is 0.434. The normalized spacial score (nSPS) is 11.2. The molecule has 31 heavy (non-hydrogen) atoms. The van der Waals surface area contributed by atoms with Crippen molar-refractivity contribution in [3.05, 3.63) is 59.7 Å². The van der Waals surface area contributed by atoms with Crippen molar-refractivity contribution >= 4 is 29.8 Å². The molecule has 2 amide bonds. The molecule has 0 atom stereocenters. The summed E-state index contributed by atoms with van der Waals surface area (Å²) >= 11 is 1.51. The number of ether oxygens (including phenoxy) is 2. The van der Waals surface area contributed by atoms with Gasteiger partial charge in [-0.3, -0.25) is 9.59 Å². The van der Waals surface area contributed by atoms with E-state index in [1.165, 1.54) is 11.8 Å². The van der Waals surface area contributed by atoms with E-state index in [2.05, 4.69) is 15.8 Å². The lowest BCUT2D eigenvalue weighted by molar-refractivity contribution is -0.124. The van der Waals surface area contributed by atoms with Gasteiger partial charge >= 0.3 is 0 Å². The zero-order chi connectivity index (χ0) is 22.7. The molecular formula is C23H29N3O4S. The van der Waals surface area contributed by atoms with Crippen molar-refractivity contribution in [2.24, 2.45) is 5.10 Å². The number of amides is 2. The van der Waals surface area contributed by atoms with Gasteiger partial charge in [0.25, 0.3) is 5.91 Å². The van der Waals surface area contributed by atoms with Crippen molar-refractivity contribution in [1.82, 2.24) is 10.7 Å². The van der Waals surface area contributed by atoms with E-state index in [0.29, 0.717) is 11.5 Å². The lowest BCUT2D eigenvalue weighted by atomic mass is 10.1. The molecule has 2 aromatic carbocycles. The standard InChI is InChI=1S/C23H29N3O4S/c1-23(2,3)25-21(27)14-30-20-11-5-17(6-12-20)13-24-26-22(28)16-31-15-18-7-9-19(29-4)10-8-18/h5-13H,14-16H2,1-4H3,(H,25,27)(H,26,28)/b24-13-. The topological polar surface area (TPSA) is 89.0 Å². The van der Waals surface area contributed by atoms with Crippen molar-refractivity contribution in [2.75, 3.05) is 19.5 Å². The number of rotatable bonds is 10. The van der Waals surface area contributed by atoms with E-state index in [0.717, 1.165) is 22.6 Å². The average Bonchev–Trinajstić information content (AvgIpc) is 2.72. The number of carbonyl (C=O) groups is 2. The van der Waals surface area contributed by atoms with Crippen LogP contribution >= 0.6 is 11.8 Å². The molecule has 0 fully saturated rings. The summed E-state index contributed by atoms with van der Waals surface area (Å²) < 4.78 is 10.6. The Morgan fingerprint density at radius 3 is 2.26 bits per heavy atom. The molecule has 0 saturated heterocycles. The fourth-order valence-corrected chi connectivity index (χ4v) is 3.23. The number of methoxy groups -OCH3 is 1. The average molecular weight is 444 g/mol. The molecule has 2 rings (SSSR count). The molecule has 0 spiro atoms. The van der Waals surface area contributed by atoms with Gasteiger partial charge in [0.15, 0.2) is 6.61 Å². The zero-order valence-corrected chi connectivity index (χ0v) is 19.1. The van der Waals surface area contributed by atoms with Crippen LogP contribution in [0.2, 0.25) is 0 Å². The third-order valence-electron chi connectivity index (χ3n) is 3.83. The Morgan fingerprint density at radius 1 is 1.00 bits per heavy atom. The molecule has 0 aliphatic heterocycles. The van der Waals surface area contributed by atoms with Crippen LogP contribution in [0.1, 0.15) is 31.9 Å². The van der Waals surface area contributed by atoms with E-state index in [1.54, 1.807) is 37.6 Å². The first-order chi connectivity index (χ1) is 14.7.